The van der Waals surface area contributed by atoms with Crippen molar-refractivity contribution in [2.45, 2.75) is 86.5 Å². The van der Waals surface area contributed by atoms with Crippen molar-refractivity contribution in [2.75, 3.05) is 0 Å². The minimum Gasteiger partial charge on any atom is -1.00 e. The molecule has 4 aliphatic rings. The van der Waals surface area contributed by atoms with Gasteiger partial charge in [-0.2, -0.15) is 0 Å². The molecule has 0 saturated carbocycles. The zero-order chi connectivity index (χ0) is 26.8. The van der Waals surface area contributed by atoms with Gasteiger partial charge in [-0.3, -0.25) is 0 Å². The van der Waals surface area contributed by atoms with Crippen LogP contribution in [0.5, 0.6) is 0 Å². The summed E-state index contributed by atoms with van der Waals surface area (Å²) >= 11 is -2.27. The summed E-state index contributed by atoms with van der Waals surface area (Å²) in [5, 5.41) is 0. The summed E-state index contributed by atoms with van der Waals surface area (Å²) in [6.07, 6.45) is 6.04. The number of rotatable bonds is 3. The van der Waals surface area contributed by atoms with E-state index in [9.17, 15) is 0 Å². The monoisotopic (exact) mass is 634 g/mol. The average molecular weight is 637 g/mol. The van der Waals surface area contributed by atoms with Crippen LogP contribution in [0.2, 0.25) is 0 Å². The fraction of sp³-hybridized carbons (Fsp3) is 0.417. The third-order valence-corrected chi connectivity index (χ3v) is 17.5. The van der Waals surface area contributed by atoms with E-state index in [4.69, 9.17) is 4.21 Å². The van der Waals surface area contributed by atoms with Gasteiger partial charge in [0.2, 0.25) is 0 Å². The third-order valence-electron chi connectivity index (χ3n) is 9.90. The van der Waals surface area contributed by atoms with Crippen molar-refractivity contribution in [3.05, 3.63) is 87.5 Å². The summed E-state index contributed by atoms with van der Waals surface area (Å²) in [7, 11) is 0. The number of hydrogen-bond acceptors (Lipinski definition) is 0. The van der Waals surface area contributed by atoms with Gasteiger partial charge in [0.1, 0.15) is 0 Å². The van der Waals surface area contributed by atoms with E-state index in [0.717, 1.165) is 6.42 Å². The number of benzene rings is 2. The first-order valence-electron chi connectivity index (χ1n) is 14.1. The second-order valence-corrected chi connectivity index (χ2v) is 18.4. The second-order valence-electron chi connectivity index (χ2n) is 13.5. The van der Waals surface area contributed by atoms with Crippen LogP contribution in [-0.4, -0.2) is 4.21 Å². The van der Waals surface area contributed by atoms with Crippen LogP contribution in [0.1, 0.15) is 103 Å². The molecule has 0 fully saturated rings. The fourth-order valence-corrected chi connectivity index (χ4v) is 15.6. The second kappa shape index (κ2) is 9.93. The summed E-state index contributed by atoms with van der Waals surface area (Å²) in [6.45, 7) is 23.8. The maximum atomic E-state index is 5.04. The molecule has 2 aromatic carbocycles. The Morgan fingerprint density at radius 2 is 1.38 bits per heavy atom. The molecule has 0 heterocycles. The summed E-state index contributed by atoms with van der Waals surface area (Å²) in [5.74, 6) is 1.14. The third kappa shape index (κ3) is 4.28. The van der Waals surface area contributed by atoms with Gasteiger partial charge in [-0.15, -0.1) is 0 Å². The molecular formula is C36H42Cl2Zr. The largest absolute Gasteiger partial charge is 1.00 e. The van der Waals surface area contributed by atoms with Crippen molar-refractivity contribution < 1.29 is 46.1 Å². The first-order valence-corrected chi connectivity index (χ1v) is 18.3. The topological polar surface area (TPSA) is 0 Å². The molecule has 0 spiro atoms. The van der Waals surface area contributed by atoms with Crippen molar-refractivity contribution >= 4 is 15.4 Å². The number of hydrogen-bond donors (Lipinski definition) is 0. The van der Waals surface area contributed by atoms with Crippen LogP contribution in [0.3, 0.4) is 0 Å². The fourth-order valence-electron chi connectivity index (χ4n) is 8.25. The minimum atomic E-state index is -2.27. The quantitative estimate of drug-likeness (QED) is 0.413. The molecule has 4 aliphatic carbocycles. The van der Waals surface area contributed by atoms with E-state index in [1.165, 1.54) is 55.7 Å². The van der Waals surface area contributed by atoms with Crippen molar-refractivity contribution in [2.24, 2.45) is 11.8 Å². The molecule has 0 saturated heterocycles. The molecule has 0 bridgehead atoms. The van der Waals surface area contributed by atoms with Crippen LogP contribution in [0.15, 0.2) is 54.1 Å². The maximum absolute atomic E-state index is 5.04. The number of allylic oxidation sites excluding steroid dienone is 8. The van der Waals surface area contributed by atoms with Crippen LogP contribution in [0.4, 0.5) is 0 Å². The van der Waals surface area contributed by atoms with E-state index in [1.54, 1.807) is 17.7 Å². The Balaban J connectivity index is 0.00000176. The number of fused-ring (bicyclic) bond motifs is 5. The smallest absolute Gasteiger partial charge is 1.00 e. The van der Waals surface area contributed by atoms with E-state index in [2.05, 4.69) is 106 Å². The summed E-state index contributed by atoms with van der Waals surface area (Å²) < 4.78 is 8.48. The van der Waals surface area contributed by atoms with Gasteiger partial charge in [0.25, 0.3) is 0 Å². The van der Waals surface area contributed by atoms with Crippen LogP contribution in [-0.2, 0) is 38.5 Å². The van der Waals surface area contributed by atoms with Crippen LogP contribution in [0.25, 0.3) is 22.3 Å². The summed E-state index contributed by atoms with van der Waals surface area (Å²) in [6, 6.07) is 10.1. The predicted molar refractivity (Wildman–Crippen MR) is 159 cm³/mol. The van der Waals surface area contributed by atoms with Gasteiger partial charge < -0.3 is 24.8 Å². The zero-order valence-corrected chi connectivity index (χ0v) is 29.3. The molecule has 0 aromatic heterocycles. The van der Waals surface area contributed by atoms with Gasteiger partial charge in [0.05, 0.1) is 0 Å². The normalized spacial score (nSPS) is 20.9. The average Bonchev–Trinajstić information content (AvgIpc) is 3.44. The number of halogens is 2. The van der Waals surface area contributed by atoms with Crippen molar-refractivity contribution in [1.82, 2.24) is 0 Å². The molecule has 0 nitrogen and oxygen atoms in total. The molecule has 0 amide bonds. The Labute approximate surface area is 256 Å². The van der Waals surface area contributed by atoms with Crippen LogP contribution < -0.4 is 24.8 Å². The molecule has 204 valence electrons. The van der Waals surface area contributed by atoms with Gasteiger partial charge in [-0.25, -0.2) is 0 Å². The Kier molecular flexibility index (Phi) is 7.81. The molecule has 0 radical (unpaired) electrons. The standard InChI is InChI=1S/C25H25.C10H15.CH2.2ClH.Zr/c1-14-12-24(3,4)22-8-16-7-17-9-23-19(15(2)13-25(23,5)6)11-21(17)20(16)10-18(14)22;1-7(2)10-6-8(3)5-9(10)4;;;;/h8-12H,7H2,1-6H3;6-8H,1-4H3;1H2;2*1H;/q;;;;;+2/p-2. The molecule has 1 unspecified atom stereocenters. The molecule has 39 heavy (non-hydrogen) atoms. The molecule has 3 heteroatoms. The van der Waals surface area contributed by atoms with Crippen LogP contribution in [0, 0.1) is 11.8 Å². The van der Waals surface area contributed by atoms with Crippen molar-refractivity contribution in [1.29, 1.82) is 0 Å². The zero-order valence-electron chi connectivity index (χ0n) is 25.3. The molecule has 1 atom stereocenters. The van der Waals surface area contributed by atoms with Gasteiger partial charge in [-0.05, 0) is 0 Å². The van der Waals surface area contributed by atoms with Gasteiger partial charge in [0.15, 0.2) is 0 Å². The van der Waals surface area contributed by atoms with Gasteiger partial charge in [0, 0.05) is 0 Å². The summed E-state index contributed by atoms with van der Waals surface area (Å²) in [5.41, 5.74) is 18.2. The Morgan fingerprint density at radius 3 is 1.95 bits per heavy atom. The molecular weight excluding hydrogens is 595 g/mol. The summed E-state index contributed by atoms with van der Waals surface area (Å²) in [4.78, 5) is 0. The molecule has 0 N–H and O–H groups in total. The van der Waals surface area contributed by atoms with Gasteiger partial charge in [-0.1, -0.05) is 0 Å². The predicted octanol–water partition coefficient (Wildman–Crippen LogP) is 3.54. The van der Waals surface area contributed by atoms with E-state index in [0.29, 0.717) is 11.8 Å². The Morgan fingerprint density at radius 1 is 0.821 bits per heavy atom. The van der Waals surface area contributed by atoms with E-state index in [-0.39, 0.29) is 35.6 Å². The SMILES string of the molecule is [CH2]=[Zr+2]([C]1=C(C)C(C(C)C)=CC1C)[C]1=C(C)c2cc3c(cc2C1(C)C)Cc1cc2c(cc1-3)C(C)=CC2(C)C.[Cl-].[Cl-]. The molecule has 2 aromatic rings. The Bertz CT molecular complexity index is 1570. The maximum Gasteiger partial charge on any atom is -1.00 e. The van der Waals surface area contributed by atoms with E-state index < -0.39 is 21.3 Å². The van der Waals surface area contributed by atoms with E-state index in [1.807, 2.05) is 0 Å². The first-order chi connectivity index (χ1) is 17.2. The van der Waals surface area contributed by atoms with Crippen molar-refractivity contribution in [3.8, 4) is 11.1 Å². The molecule has 6 rings (SSSR count). The minimum absolute atomic E-state index is 0. The first kappa shape index (κ1) is 30.7. The van der Waals surface area contributed by atoms with Crippen molar-refractivity contribution in [3.63, 3.8) is 0 Å². The van der Waals surface area contributed by atoms with E-state index >= 15 is 0 Å². The van der Waals surface area contributed by atoms with Gasteiger partial charge >= 0.3 is 234 Å². The molecule has 0 aliphatic heterocycles. The van der Waals surface area contributed by atoms with Crippen LogP contribution >= 0.6 is 0 Å². The Hall–Kier alpha value is -1.27.